The first-order chi connectivity index (χ1) is 8.33. The van der Waals surface area contributed by atoms with Crippen molar-refractivity contribution >= 4 is 11.3 Å². The highest BCUT2D eigenvalue weighted by molar-refractivity contribution is 7.09. The average Bonchev–Trinajstić information content (AvgIpc) is 2.97. The molecule has 1 heterocycles. The minimum absolute atomic E-state index is 0.209. The lowest BCUT2D eigenvalue weighted by Crippen LogP contribution is -2.04. The lowest BCUT2D eigenvalue weighted by molar-refractivity contribution is 0.309. The lowest BCUT2D eigenvalue weighted by Gasteiger charge is -2.08. The van der Waals surface area contributed by atoms with E-state index in [-0.39, 0.29) is 6.04 Å². The molecule has 0 unspecified atom stereocenters. The largest absolute Gasteiger partial charge is 0.488 e. The molecule has 0 bridgehead atoms. The quantitative estimate of drug-likeness (QED) is 0.905. The molecule has 1 aromatic carbocycles. The molecule has 88 valence electrons. The van der Waals surface area contributed by atoms with Crippen LogP contribution in [0, 0.1) is 0 Å². The Morgan fingerprint density at radius 1 is 1.47 bits per heavy atom. The third-order valence-corrected chi connectivity index (χ3v) is 3.86. The van der Waals surface area contributed by atoms with Gasteiger partial charge in [-0.15, -0.1) is 11.3 Å². The summed E-state index contributed by atoms with van der Waals surface area (Å²) in [6, 6.07) is 6.42. The summed E-state index contributed by atoms with van der Waals surface area (Å²) in [4.78, 5) is 5.17. The average molecular weight is 246 g/mol. The van der Waals surface area contributed by atoms with Gasteiger partial charge < -0.3 is 10.5 Å². The number of aryl methyl sites for hydroxylation is 1. The molecule has 0 radical (unpaired) electrons. The van der Waals surface area contributed by atoms with Crippen LogP contribution < -0.4 is 10.5 Å². The van der Waals surface area contributed by atoms with Gasteiger partial charge in [-0.3, -0.25) is 4.98 Å². The Kier molecular flexibility index (Phi) is 2.82. The highest BCUT2D eigenvalue weighted by Gasteiger charge is 2.18. The van der Waals surface area contributed by atoms with Gasteiger partial charge in [0.25, 0.3) is 0 Å². The molecular weight excluding hydrogens is 232 g/mol. The molecule has 0 saturated heterocycles. The molecule has 0 fully saturated rings. The van der Waals surface area contributed by atoms with Gasteiger partial charge in [-0.25, -0.2) is 0 Å². The fourth-order valence-electron chi connectivity index (χ4n) is 2.18. The number of hydrogen-bond acceptors (Lipinski definition) is 4. The summed E-state index contributed by atoms with van der Waals surface area (Å²) in [5.41, 5.74) is 10.4. The molecule has 17 heavy (non-hydrogen) atoms. The Balaban J connectivity index is 1.72. The van der Waals surface area contributed by atoms with Crippen molar-refractivity contribution in [2.45, 2.75) is 25.5 Å². The summed E-state index contributed by atoms with van der Waals surface area (Å²) in [6.45, 7) is 0.593. The fraction of sp³-hybridized carbons (Fsp3) is 0.308. The molecule has 3 rings (SSSR count). The Hall–Kier alpha value is -1.39. The van der Waals surface area contributed by atoms with Gasteiger partial charge in [0.05, 0.1) is 10.4 Å². The first-order valence-electron chi connectivity index (χ1n) is 5.71. The van der Waals surface area contributed by atoms with Crippen LogP contribution in [-0.2, 0) is 13.0 Å². The van der Waals surface area contributed by atoms with Crippen LogP contribution in [0.5, 0.6) is 5.75 Å². The number of fused-ring (bicyclic) bond motifs is 1. The second-order valence-corrected chi connectivity index (χ2v) is 5.23. The highest BCUT2D eigenvalue weighted by atomic mass is 32.1. The Labute approximate surface area is 104 Å². The Morgan fingerprint density at radius 3 is 3.24 bits per heavy atom. The van der Waals surface area contributed by atoms with Crippen LogP contribution in [-0.4, -0.2) is 4.98 Å². The van der Waals surface area contributed by atoms with Gasteiger partial charge in [-0.2, -0.15) is 0 Å². The minimum Gasteiger partial charge on any atom is -0.488 e. The molecule has 1 aliphatic rings. The SMILES string of the molecule is N[C@H]1CCc2cc(OCc3cncs3)ccc21. The van der Waals surface area contributed by atoms with Crippen molar-refractivity contribution < 1.29 is 4.74 Å². The van der Waals surface area contributed by atoms with Crippen LogP contribution in [0.4, 0.5) is 0 Å². The van der Waals surface area contributed by atoms with Gasteiger partial charge >= 0.3 is 0 Å². The number of benzene rings is 1. The molecular formula is C13H14N2OS. The second-order valence-electron chi connectivity index (χ2n) is 4.26. The smallest absolute Gasteiger partial charge is 0.124 e. The van der Waals surface area contributed by atoms with E-state index in [1.807, 2.05) is 17.8 Å². The number of nitrogens with two attached hydrogens (primary N) is 1. The maximum Gasteiger partial charge on any atom is 0.124 e. The van der Waals surface area contributed by atoms with Crippen molar-refractivity contribution in [3.05, 3.63) is 45.9 Å². The van der Waals surface area contributed by atoms with E-state index in [4.69, 9.17) is 10.5 Å². The minimum atomic E-state index is 0.209. The van der Waals surface area contributed by atoms with Crippen molar-refractivity contribution in [1.82, 2.24) is 4.98 Å². The molecule has 1 atom stereocenters. The van der Waals surface area contributed by atoms with Crippen molar-refractivity contribution in [3.8, 4) is 5.75 Å². The van der Waals surface area contributed by atoms with E-state index >= 15 is 0 Å². The second kappa shape index (κ2) is 4.47. The highest BCUT2D eigenvalue weighted by Crippen LogP contribution is 2.32. The molecule has 0 saturated carbocycles. The van der Waals surface area contributed by atoms with Crippen molar-refractivity contribution in [3.63, 3.8) is 0 Å². The molecule has 0 amide bonds. The van der Waals surface area contributed by atoms with Crippen LogP contribution in [0.25, 0.3) is 0 Å². The zero-order valence-corrected chi connectivity index (χ0v) is 10.2. The van der Waals surface area contributed by atoms with E-state index < -0.39 is 0 Å². The Bertz CT molecular complexity index is 510. The maximum absolute atomic E-state index is 6.00. The zero-order chi connectivity index (χ0) is 11.7. The molecule has 3 nitrogen and oxygen atoms in total. The van der Waals surface area contributed by atoms with E-state index in [0.29, 0.717) is 6.61 Å². The molecule has 1 aliphatic carbocycles. The van der Waals surface area contributed by atoms with Gasteiger partial charge in [-0.05, 0) is 36.1 Å². The molecule has 2 aromatic rings. The fourth-order valence-corrected chi connectivity index (χ4v) is 2.69. The van der Waals surface area contributed by atoms with Gasteiger partial charge in [0, 0.05) is 12.2 Å². The maximum atomic E-state index is 6.00. The molecule has 0 aliphatic heterocycles. The molecule has 4 heteroatoms. The van der Waals surface area contributed by atoms with Crippen molar-refractivity contribution in [2.75, 3.05) is 0 Å². The lowest BCUT2D eigenvalue weighted by atomic mass is 10.1. The van der Waals surface area contributed by atoms with E-state index in [1.165, 1.54) is 11.1 Å². The monoisotopic (exact) mass is 246 g/mol. The van der Waals surface area contributed by atoms with Crippen LogP contribution in [0.15, 0.2) is 29.9 Å². The number of hydrogen-bond donors (Lipinski definition) is 1. The van der Waals surface area contributed by atoms with Gasteiger partial charge in [0.2, 0.25) is 0 Å². The van der Waals surface area contributed by atoms with E-state index in [2.05, 4.69) is 17.1 Å². The van der Waals surface area contributed by atoms with E-state index in [0.717, 1.165) is 23.5 Å². The topological polar surface area (TPSA) is 48.1 Å². The van der Waals surface area contributed by atoms with Gasteiger partial charge in [0.1, 0.15) is 12.4 Å². The number of nitrogens with zero attached hydrogens (tertiary/aromatic N) is 1. The van der Waals surface area contributed by atoms with E-state index in [9.17, 15) is 0 Å². The van der Waals surface area contributed by atoms with Gasteiger partial charge in [0.15, 0.2) is 0 Å². The Morgan fingerprint density at radius 2 is 2.41 bits per heavy atom. The normalized spacial score (nSPS) is 18.1. The molecule has 0 spiro atoms. The first kappa shape index (κ1) is 10.7. The van der Waals surface area contributed by atoms with Crippen LogP contribution in [0.3, 0.4) is 0 Å². The van der Waals surface area contributed by atoms with Crippen molar-refractivity contribution in [2.24, 2.45) is 5.73 Å². The van der Waals surface area contributed by atoms with Crippen LogP contribution >= 0.6 is 11.3 Å². The zero-order valence-electron chi connectivity index (χ0n) is 9.43. The van der Waals surface area contributed by atoms with E-state index in [1.54, 1.807) is 11.3 Å². The third kappa shape index (κ3) is 2.18. The summed E-state index contributed by atoms with van der Waals surface area (Å²) >= 11 is 1.61. The van der Waals surface area contributed by atoms with Crippen molar-refractivity contribution in [1.29, 1.82) is 0 Å². The predicted octanol–water partition coefficient (Wildman–Crippen LogP) is 2.67. The summed E-state index contributed by atoms with van der Waals surface area (Å²) < 4.78 is 5.74. The summed E-state index contributed by atoms with van der Waals surface area (Å²) in [6.07, 6.45) is 3.95. The van der Waals surface area contributed by atoms with Crippen LogP contribution in [0.1, 0.15) is 28.5 Å². The number of ether oxygens (including phenoxy) is 1. The summed E-state index contributed by atoms with van der Waals surface area (Å²) in [7, 11) is 0. The number of aromatic nitrogens is 1. The summed E-state index contributed by atoms with van der Waals surface area (Å²) in [5, 5.41) is 0. The number of thiazole rings is 1. The molecule has 1 aromatic heterocycles. The van der Waals surface area contributed by atoms with Gasteiger partial charge in [-0.1, -0.05) is 6.07 Å². The first-order valence-corrected chi connectivity index (χ1v) is 6.59. The van der Waals surface area contributed by atoms with Crippen LogP contribution in [0.2, 0.25) is 0 Å². The third-order valence-electron chi connectivity index (χ3n) is 3.10. The number of rotatable bonds is 3. The summed E-state index contributed by atoms with van der Waals surface area (Å²) in [5.74, 6) is 0.922. The predicted molar refractivity (Wildman–Crippen MR) is 68.1 cm³/mol. The molecule has 2 N–H and O–H groups in total. The standard InChI is InChI=1S/C13H14N2OS/c14-13-4-1-9-5-10(2-3-12(9)13)16-7-11-6-15-8-17-11/h2-3,5-6,8,13H,1,4,7,14H2/t13-/m0/s1.